The first-order valence-electron chi connectivity index (χ1n) is 8.91. The van der Waals surface area contributed by atoms with E-state index < -0.39 is 0 Å². The van der Waals surface area contributed by atoms with Crippen molar-refractivity contribution < 1.29 is 9.53 Å². The number of rotatable bonds is 6. The highest BCUT2D eigenvalue weighted by molar-refractivity contribution is 5.78. The van der Waals surface area contributed by atoms with Crippen molar-refractivity contribution in [3.8, 4) is 11.8 Å². The lowest BCUT2D eigenvalue weighted by molar-refractivity contribution is -0.122. The Bertz CT molecular complexity index is 825. The average molecular weight is 365 g/mol. The minimum atomic E-state index is -0.000964. The zero-order valence-corrected chi connectivity index (χ0v) is 15.4. The Morgan fingerprint density at radius 3 is 2.78 bits per heavy atom. The molecular formula is C20H23N5O2. The maximum absolute atomic E-state index is 12.3. The molecule has 0 unspecified atom stereocenters. The summed E-state index contributed by atoms with van der Waals surface area (Å²) in [5, 5.41) is 12.0. The number of hydrogen-bond donors (Lipinski definition) is 1. The fraction of sp³-hybridized carbons (Fsp3) is 0.350. The number of ether oxygens (including phenoxy) is 1. The quantitative estimate of drug-likeness (QED) is 0.833. The molecule has 0 atom stereocenters. The van der Waals surface area contributed by atoms with Crippen LogP contribution in [0.25, 0.3) is 0 Å². The van der Waals surface area contributed by atoms with Gasteiger partial charge in [-0.15, -0.1) is 0 Å². The van der Waals surface area contributed by atoms with Crippen molar-refractivity contribution in [3.63, 3.8) is 0 Å². The van der Waals surface area contributed by atoms with Crippen molar-refractivity contribution in [1.29, 1.82) is 5.26 Å². The maximum Gasteiger partial charge on any atom is 0.234 e. The second kappa shape index (κ2) is 9.01. The molecule has 2 aromatic rings. The van der Waals surface area contributed by atoms with Gasteiger partial charge in [0.25, 0.3) is 0 Å². The van der Waals surface area contributed by atoms with Crippen molar-refractivity contribution >= 4 is 11.7 Å². The van der Waals surface area contributed by atoms with Crippen molar-refractivity contribution in [2.75, 3.05) is 44.7 Å². The number of nitrogens with one attached hydrogen (secondary N) is 1. The Kier molecular flexibility index (Phi) is 6.23. The van der Waals surface area contributed by atoms with E-state index in [0.29, 0.717) is 18.7 Å². The van der Waals surface area contributed by atoms with E-state index in [1.165, 1.54) is 0 Å². The van der Waals surface area contributed by atoms with Gasteiger partial charge >= 0.3 is 0 Å². The third-order valence-electron chi connectivity index (χ3n) is 4.61. The molecule has 1 N–H and O–H groups in total. The largest absolute Gasteiger partial charge is 0.496 e. The van der Waals surface area contributed by atoms with Crippen molar-refractivity contribution in [3.05, 3.63) is 53.7 Å². The van der Waals surface area contributed by atoms with Crippen LogP contribution in [0.15, 0.2) is 42.6 Å². The number of nitrogens with zero attached hydrogens (tertiary/aromatic N) is 4. The minimum Gasteiger partial charge on any atom is -0.496 e. The molecule has 7 nitrogen and oxygen atoms in total. The minimum absolute atomic E-state index is 0.000964. The maximum atomic E-state index is 12.3. The highest BCUT2D eigenvalue weighted by Gasteiger charge is 2.20. The Hall–Kier alpha value is -3.11. The van der Waals surface area contributed by atoms with Crippen molar-refractivity contribution in [2.24, 2.45) is 0 Å². The average Bonchev–Trinajstić information content (AvgIpc) is 2.73. The SMILES string of the molecule is COc1ccccc1CNC(=O)CN1CCN(c2cc(C#N)ccn2)CC1. The predicted molar refractivity (Wildman–Crippen MR) is 102 cm³/mol. The Morgan fingerprint density at radius 1 is 1.26 bits per heavy atom. The van der Waals surface area contributed by atoms with Crippen LogP contribution in [0.5, 0.6) is 5.75 Å². The first-order chi connectivity index (χ1) is 13.2. The highest BCUT2D eigenvalue weighted by Crippen LogP contribution is 2.17. The summed E-state index contributed by atoms with van der Waals surface area (Å²) in [6, 6.07) is 13.3. The van der Waals surface area contributed by atoms with Gasteiger partial charge in [0, 0.05) is 44.5 Å². The molecule has 7 heteroatoms. The molecule has 1 amide bonds. The second-order valence-electron chi connectivity index (χ2n) is 6.37. The molecule has 2 heterocycles. The molecule has 1 fully saturated rings. The lowest BCUT2D eigenvalue weighted by Gasteiger charge is -2.35. The Balaban J connectivity index is 1.46. The normalized spacial score (nSPS) is 14.4. The van der Waals surface area contributed by atoms with E-state index in [2.05, 4.69) is 26.2 Å². The van der Waals surface area contributed by atoms with Gasteiger partial charge in [0.05, 0.1) is 25.3 Å². The van der Waals surface area contributed by atoms with Gasteiger partial charge in [0.2, 0.25) is 5.91 Å². The second-order valence-corrected chi connectivity index (χ2v) is 6.37. The first-order valence-corrected chi connectivity index (χ1v) is 8.91. The van der Waals surface area contributed by atoms with E-state index in [-0.39, 0.29) is 5.91 Å². The van der Waals surface area contributed by atoms with E-state index in [1.54, 1.807) is 25.4 Å². The van der Waals surface area contributed by atoms with Crippen LogP contribution >= 0.6 is 0 Å². The number of anilines is 1. The van der Waals surface area contributed by atoms with E-state index in [9.17, 15) is 4.79 Å². The number of nitriles is 1. The summed E-state index contributed by atoms with van der Waals surface area (Å²) >= 11 is 0. The summed E-state index contributed by atoms with van der Waals surface area (Å²) in [5.41, 5.74) is 1.57. The monoisotopic (exact) mass is 365 g/mol. The number of aromatic nitrogens is 1. The fourth-order valence-corrected chi connectivity index (χ4v) is 3.10. The summed E-state index contributed by atoms with van der Waals surface area (Å²) in [5.74, 6) is 1.59. The summed E-state index contributed by atoms with van der Waals surface area (Å²) in [6.07, 6.45) is 1.66. The number of methoxy groups -OCH3 is 1. The Morgan fingerprint density at radius 2 is 2.04 bits per heavy atom. The topological polar surface area (TPSA) is 81.5 Å². The highest BCUT2D eigenvalue weighted by atomic mass is 16.5. The van der Waals surface area contributed by atoms with Crippen LogP contribution in [-0.2, 0) is 11.3 Å². The lowest BCUT2D eigenvalue weighted by atomic mass is 10.2. The molecule has 0 radical (unpaired) electrons. The molecule has 0 spiro atoms. The molecule has 0 saturated carbocycles. The third kappa shape index (κ3) is 4.96. The first kappa shape index (κ1) is 18.7. The number of piperazine rings is 1. The molecule has 1 saturated heterocycles. The molecule has 1 aromatic heterocycles. The lowest BCUT2D eigenvalue weighted by Crippen LogP contribution is -2.49. The standard InChI is InChI=1S/C20H23N5O2/c1-27-18-5-3-2-4-17(18)14-23-20(26)15-24-8-10-25(11-9-24)19-12-16(13-21)6-7-22-19/h2-7,12H,8-11,14-15H2,1H3,(H,23,26). The molecule has 1 aliphatic heterocycles. The van der Waals surface area contributed by atoms with E-state index in [4.69, 9.17) is 10.00 Å². The predicted octanol–water partition coefficient (Wildman–Crippen LogP) is 1.40. The molecule has 1 aromatic carbocycles. The number of hydrogen-bond acceptors (Lipinski definition) is 6. The molecule has 3 rings (SSSR count). The van der Waals surface area contributed by atoms with Gasteiger partial charge in [0.15, 0.2) is 0 Å². The summed E-state index contributed by atoms with van der Waals surface area (Å²) < 4.78 is 5.30. The van der Waals surface area contributed by atoms with Crippen LogP contribution < -0.4 is 15.0 Å². The van der Waals surface area contributed by atoms with E-state index >= 15 is 0 Å². The van der Waals surface area contributed by atoms with Gasteiger partial charge in [-0.3, -0.25) is 9.69 Å². The summed E-state index contributed by atoms with van der Waals surface area (Å²) in [7, 11) is 1.63. The van der Waals surface area contributed by atoms with Crippen LogP contribution in [0.3, 0.4) is 0 Å². The third-order valence-corrected chi connectivity index (χ3v) is 4.61. The summed E-state index contributed by atoms with van der Waals surface area (Å²) in [4.78, 5) is 20.9. The number of carbonyl (C=O) groups excluding carboxylic acids is 1. The van der Waals surface area contributed by atoms with Gasteiger partial charge in [0.1, 0.15) is 11.6 Å². The van der Waals surface area contributed by atoms with Gasteiger partial charge in [-0.25, -0.2) is 4.98 Å². The molecule has 0 aliphatic carbocycles. The fourth-order valence-electron chi connectivity index (χ4n) is 3.10. The van der Waals surface area contributed by atoms with Gasteiger partial charge in [-0.2, -0.15) is 5.26 Å². The number of para-hydroxylation sites is 1. The number of pyridine rings is 1. The summed E-state index contributed by atoms with van der Waals surface area (Å²) in [6.45, 7) is 3.94. The number of benzene rings is 1. The van der Waals surface area contributed by atoms with Gasteiger partial charge in [-0.05, 0) is 18.2 Å². The van der Waals surface area contributed by atoms with Crippen LogP contribution in [0.2, 0.25) is 0 Å². The molecule has 1 aliphatic rings. The van der Waals surface area contributed by atoms with Crippen LogP contribution in [0.4, 0.5) is 5.82 Å². The van der Waals surface area contributed by atoms with Crippen LogP contribution in [0, 0.1) is 11.3 Å². The number of amides is 1. The molecular weight excluding hydrogens is 342 g/mol. The van der Waals surface area contributed by atoms with Crippen molar-refractivity contribution in [1.82, 2.24) is 15.2 Å². The van der Waals surface area contributed by atoms with Gasteiger partial charge in [-0.1, -0.05) is 18.2 Å². The van der Waals surface area contributed by atoms with E-state index in [1.807, 2.05) is 24.3 Å². The van der Waals surface area contributed by atoms with Gasteiger partial charge < -0.3 is 15.0 Å². The Labute approximate surface area is 159 Å². The zero-order chi connectivity index (χ0) is 19.1. The number of carbonyl (C=O) groups is 1. The zero-order valence-electron chi connectivity index (χ0n) is 15.4. The molecule has 27 heavy (non-hydrogen) atoms. The molecule has 140 valence electrons. The smallest absolute Gasteiger partial charge is 0.234 e. The van der Waals surface area contributed by atoms with Crippen LogP contribution in [0.1, 0.15) is 11.1 Å². The molecule has 0 bridgehead atoms. The van der Waals surface area contributed by atoms with Crippen LogP contribution in [-0.4, -0.2) is 55.6 Å². The van der Waals surface area contributed by atoms with E-state index in [0.717, 1.165) is 43.3 Å². The van der Waals surface area contributed by atoms with Crippen molar-refractivity contribution in [2.45, 2.75) is 6.54 Å².